The van der Waals surface area contributed by atoms with E-state index >= 15 is 0 Å². The molecule has 48 heavy (non-hydrogen) atoms. The fraction of sp³-hybridized carbons (Fsp3) is 0. The normalized spacial score (nSPS) is 11.8. The molecule has 10 aromatic rings. The third kappa shape index (κ3) is 4.06. The van der Waals surface area contributed by atoms with Crippen molar-refractivity contribution in [1.82, 2.24) is 0 Å². The van der Waals surface area contributed by atoms with Crippen LogP contribution in [0.15, 0.2) is 179 Å². The summed E-state index contributed by atoms with van der Waals surface area (Å²) in [4.78, 5) is 0. The maximum absolute atomic E-state index is 6.66. The molecule has 0 fully saturated rings. The zero-order chi connectivity index (χ0) is 31.6. The molecule has 0 aliphatic rings. The van der Waals surface area contributed by atoms with Crippen molar-refractivity contribution in [3.05, 3.63) is 170 Å². The van der Waals surface area contributed by atoms with Gasteiger partial charge >= 0.3 is 0 Å². The first-order valence-electron chi connectivity index (χ1n) is 16.3. The molecular weight excluding hydrogens is 585 g/mol. The molecule has 0 amide bonds. The van der Waals surface area contributed by atoms with Gasteiger partial charge in [-0.05, 0) is 79.2 Å². The minimum absolute atomic E-state index is 0.770. The van der Waals surface area contributed by atoms with Crippen molar-refractivity contribution in [1.29, 1.82) is 0 Å². The standard InChI is InChI=1S/C46H28O2/c1-3-14-29(15-4-1)31-18-13-19-32(26-31)42-34-20-7-9-22-36(34)43(37-23-10-8-21-35(37)42)39-27-33-28-41(30-16-5-2-6-17-30)48-45(33)46-44(39)38-24-11-12-25-40(38)47-46/h1-28H. The van der Waals surface area contributed by atoms with Crippen LogP contribution in [0.3, 0.4) is 0 Å². The van der Waals surface area contributed by atoms with Crippen LogP contribution in [0.4, 0.5) is 0 Å². The summed E-state index contributed by atoms with van der Waals surface area (Å²) in [5.74, 6) is 0.827. The molecule has 0 bridgehead atoms. The summed E-state index contributed by atoms with van der Waals surface area (Å²) in [5.41, 5.74) is 10.6. The second-order valence-corrected chi connectivity index (χ2v) is 12.4. The summed E-state index contributed by atoms with van der Waals surface area (Å²) in [6.07, 6.45) is 0. The molecule has 8 aromatic carbocycles. The van der Waals surface area contributed by atoms with Crippen molar-refractivity contribution in [2.75, 3.05) is 0 Å². The molecule has 0 spiro atoms. The Kier molecular flexibility index (Phi) is 5.91. The minimum Gasteiger partial charge on any atom is -0.452 e. The molecule has 224 valence electrons. The van der Waals surface area contributed by atoms with Gasteiger partial charge in [0.05, 0.1) is 0 Å². The van der Waals surface area contributed by atoms with Crippen LogP contribution in [0.1, 0.15) is 0 Å². The fourth-order valence-electron chi connectivity index (χ4n) is 7.55. The van der Waals surface area contributed by atoms with Crippen LogP contribution in [0.25, 0.3) is 99.2 Å². The molecule has 0 saturated carbocycles. The second kappa shape index (κ2) is 10.6. The van der Waals surface area contributed by atoms with Crippen molar-refractivity contribution < 1.29 is 8.83 Å². The topological polar surface area (TPSA) is 26.3 Å². The van der Waals surface area contributed by atoms with E-state index < -0.39 is 0 Å². The Bertz CT molecular complexity index is 2760. The fourth-order valence-corrected chi connectivity index (χ4v) is 7.55. The SMILES string of the molecule is c1ccc(-c2cccc(-c3c4ccccc4c(-c4cc5cc(-c6ccccc6)oc5c5oc6ccccc6c45)c4ccccc34)c2)cc1. The predicted octanol–water partition coefficient (Wildman–Crippen LogP) is 13.3. The molecule has 10 rings (SSSR count). The maximum Gasteiger partial charge on any atom is 0.179 e. The second-order valence-electron chi connectivity index (χ2n) is 12.4. The van der Waals surface area contributed by atoms with Gasteiger partial charge in [-0.1, -0.05) is 146 Å². The van der Waals surface area contributed by atoms with Gasteiger partial charge in [-0.2, -0.15) is 0 Å². The summed E-state index contributed by atoms with van der Waals surface area (Å²) in [5, 5.41) is 8.01. The van der Waals surface area contributed by atoms with E-state index in [0.29, 0.717) is 0 Å². The van der Waals surface area contributed by atoms with E-state index in [1.54, 1.807) is 0 Å². The zero-order valence-electron chi connectivity index (χ0n) is 26.0. The van der Waals surface area contributed by atoms with Gasteiger partial charge in [0.25, 0.3) is 0 Å². The van der Waals surface area contributed by atoms with Crippen molar-refractivity contribution in [3.8, 4) is 44.7 Å². The molecule has 0 saturated heterocycles. The van der Waals surface area contributed by atoms with Crippen molar-refractivity contribution in [2.45, 2.75) is 0 Å². The number of rotatable bonds is 4. The van der Waals surface area contributed by atoms with Crippen LogP contribution in [0.5, 0.6) is 0 Å². The third-order valence-corrected chi connectivity index (χ3v) is 9.65. The van der Waals surface area contributed by atoms with Crippen molar-refractivity contribution in [2.24, 2.45) is 0 Å². The van der Waals surface area contributed by atoms with Crippen molar-refractivity contribution in [3.63, 3.8) is 0 Å². The number of fused-ring (bicyclic) bond motifs is 7. The van der Waals surface area contributed by atoms with Gasteiger partial charge in [-0.15, -0.1) is 0 Å². The molecule has 2 nitrogen and oxygen atoms in total. The quantitative estimate of drug-likeness (QED) is 0.185. The van der Waals surface area contributed by atoms with E-state index in [9.17, 15) is 0 Å². The summed E-state index contributed by atoms with van der Waals surface area (Å²) in [6.45, 7) is 0. The summed E-state index contributed by atoms with van der Waals surface area (Å²) >= 11 is 0. The average molecular weight is 613 g/mol. The largest absolute Gasteiger partial charge is 0.452 e. The Morgan fingerprint density at radius 1 is 0.333 bits per heavy atom. The van der Waals surface area contributed by atoms with E-state index in [1.807, 2.05) is 30.3 Å². The van der Waals surface area contributed by atoms with Gasteiger partial charge in [-0.25, -0.2) is 0 Å². The number of para-hydroxylation sites is 1. The lowest BCUT2D eigenvalue weighted by Gasteiger charge is -2.19. The van der Waals surface area contributed by atoms with Gasteiger partial charge in [0, 0.05) is 21.7 Å². The van der Waals surface area contributed by atoms with E-state index in [4.69, 9.17) is 8.83 Å². The third-order valence-electron chi connectivity index (χ3n) is 9.65. The Labute approximate surface area is 277 Å². The Hall–Kier alpha value is -6.38. The van der Waals surface area contributed by atoms with Gasteiger partial charge in [0.2, 0.25) is 0 Å². The Balaban J connectivity index is 1.32. The van der Waals surface area contributed by atoms with Crippen LogP contribution in [0, 0.1) is 0 Å². The number of furan rings is 2. The smallest absolute Gasteiger partial charge is 0.179 e. The van der Waals surface area contributed by atoms with Crippen LogP contribution in [-0.4, -0.2) is 0 Å². The molecule has 2 heterocycles. The predicted molar refractivity (Wildman–Crippen MR) is 200 cm³/mol. The molecule has 0 radical (unpaired) electrons. The first kappa shape index (κ1) is 26.8. The molecule has 0 aliphatic carbocycles. The summed E-state index contributed by atoms with van der Waals surface area (Å²) in [7, 11) is 0. The van der Waals surface area contributed by atoms with Gasteiger partial charge in [0.15, 0.2) is 11.2 Å². The van der Waals surface area contributed by atoms with E-state index in [2.05, 4.69) is 140 Å². The van der Waals surface area contributed by atoms with E-state index in [-0.39, 0.29) is 0 Å². The molecule has 2 heteroatoms. The van der Waals surface area contributed by atoms with Crippen LogP contribution >= 0.6 is 0 Å². The highest BCUT2D eigenvalue weighted by atomic mass is 16.4. The number of hydrogen-bond donors (Lipinski definition) is 0. The lowest BCUT2D eigenvalue weighted by molar-refractivity contribution is 0.611. The number of benzene rings is 8. The first-order valence-corrected chi connectivity index (χ1v) is 16.3. The molecule has 2 aromatic heterocycles. The summed E-state index contributed by atoms with van der Waals surface area (Å²) < 4.78 is 13.2. The average Bonchev–Trinajstić information content (AvgIpc) is 3.77. The van der Waals surface area contributed by atoms with Crippen molar-refractivity contribution >= 4 is 54.5 Å². The lowest BCUT2D eigenvalue weighted by Crippen LogP contribution is -1.92. The lowest BCUT2D eigenvalue weighted by atomic mass is 9.84. The van der Waals surface area contributed by atoms with E-state index in [1.165, 1.54) is 49.4 Å². The molecule has 0 unspecified atom stereocenters. The highest BCUT2D eigenvalue weighted by Crippen LogP contribution is 2.49. The molecule has 0 aliphatic heterocycles. The highest BCUT2D eigenvalue weighted by Gasteiger charge is 2.24. The Morgan fingerprint density at radius 3 is 1.56 bits per heavy atom. The molecule has 0 N–H and O–H groups in total. The highest BCUT2D eigenvalue weighted by molar-refractivity contribution is 6.28. The maximum atomic E-state index is 6.66. The number of hydrogen-bond acceptors (Lipinski definition) is 2. The first-order chi connectivity index (χ1) is 23.8. The Morgan fingerprint density at radius 2 is 0.875 bits per heavy atom. The molecular formula is C46H28O2. The van der Waals surface area contributed by atoms with Gasteiger partial charge in [0.1, 0.15) is 11.3 Å². The minimum atomic E-state index is 0.770. The molecule has 0 atom stereocenters. The van der Waals surface area contributed by atoms with Gasteiger partial charge in [-0.3, -0.25) is 0 Å². The van der Waals surface area contributed by atoms with Crippen LogP contribution in [-0.2, 0) is 0 Å². The van der Waals surface area contributed by atoms with Crippen LogP contribution in [0.2, 0.25) is 0 Å². The zero-order valence-corrected chi connectivity index (χ0v) is 26.0. The van der Waals surface area contributed by atoms with E-state index in [0.717, 1.165) is 49.8 Å². The van der Waals surface area contributed by atoms with Gasteiger partial charge < -0.3 is 8.83 Å². The van der Waals surface area contributed by atoms with Crippen LogP contribution < -0.4 is 0 Å². The monoisotopic (exact) mass is 612 g/mol. The summed E-state index contributed by atoms with van der Waals surface area (Å²) in [6, 6.07) is 60.3.